The summed E-state index contributed by atoms with van der Waals surface area (Å²) < 4.78 is 5.25. The summed E-state index contributed by atoms with van der Waals surface area (Å²) in [5.74, 6) is 0.551. The molecule has 0 saturated carbocycles. The van der Waals surface area contributed by atoms with Gasteiger partial charge in [0.25, 0.3) is 0 Å². The monoisotopic (exact) mass is 266 g/mol. The summed E-state index contributed by atoms with van der Waals surface area (Å²) in [5.41, 5.74) is 1.05. The first kappa shape index (κ1) is 12.6. The number of ether oxygens (including phenoxy) is 1. The molecule has 0 saturated heterocycles. The summed E-state index contributed by atoms with van der Waals surface area (Å²) in [6, 6.07) is 13.3. The number of hydrogen-bond acceptors (Lipinski definition) is 4. The van der Waals surface area contributed by atoms with Crippen molar-refractivity contribution in [2.45, 2.75) is 6.10 Å². The molecule has 2 aromatic heterocycles. The molecule has 100 valence electrons. The van der Waals surface area contributed by atoms with Gasteiger partial charge in [0.1, 0.15) is 17.5 Å². The van der Waals surface area contributed by atoms with Gasteiger partial charge < -0.3 is 9.84 Å². The molecule has 1 N–H and O–H groups in total. The Morgan fingerprint density at radius 1 is 0.950 bits per heavy atom. The van der Waals surface area contributed by atoms with E-state index >= 15 is 0 Å². The van der Waals surface area contributed by atoms with Crippen LogP contribution < -0.4 is 4.74 Å². The van der Waals surface area contributed by atoms with Gasteiger partial charge >= 0.3 is 0 Å². The van der Waals surface area contributed by atoms with Crippen molar-refractivity contribution in [3.63, 3.8) is 0 Å². The lowest BCUT2D eigenvalue weighted by Crippen LogP contribution is -2.07. The minimum atomic E-state index is -0.919. The molecule has 1 unspecified atom stereocenters. The molecule has 0 aliphatic carbocycles. The Balaban J connectivity index is 2.15. The van der Waals surface area contributed by atoms with Crippen molar-refractivity contribution in [3.8, 4) is 5.75 Å². The number of fused-ring (bicyclic) bond motifs is 1. The second-order valence-electron chi connectivity index (χ2n) is 4.41. The van der Waals surface area contributed by atoms with Crippen LogP contribution in [0.5, 0.6) is 5.75 Å². The number of hydrogen-bond donors (Lipinski definition) is 1. The third-order valence-corrected chi connectivity index (χ3v) is 3.24. The van der Waals surface area contributed by atoms with Crippen molar-refractivity contribution >= 4 is 10.8 Å². The average Bonchev–Trinajstić information content (AvgIpc) is 2.53. The Morgan fingerprint density at radius 3 is 2.60 bits per heavy atom. The Bertz CT molecular complexity index is 738. The van der Waals surface area contributed by atoms with Crippen LogP contribution in [0, 0.1) is 0 Å². The number of aliphatic hydroxyl groups excluding tert-OH is 1. The number of benzene rings is 1. The zero-order chi connectivity index (χ0) is 13.9. The highest BCUT2D eigenvalue weighted by molar-refractivity contribution is 5.84. The normalized spacial score (nSPS) is 12.3. The predicted octanol–water partition coefficient (Wildman–Crippen LogP) is 2.72. The van der Waals surface area contributed by atoms with E-state index in [2.05, 4.69) is 9.97 Å². The largest absolute Gasteiger partial charge is 0.495 e. The molecule has 4 heteroatoms. The summed E-state index contributed by atoms with van der Waals surface area (Å²) in [5, 5.41) is 12.5. The first-order valence-corrected chi connectivity index (χ1v) is 6.32. The summed E-state index contributed by atoms with van der Waals surface area (Å²) in [6.07, 6.45) is 2.40. The van der Waals surface area contributed by atoms with E-state index in [0.29, 0.717) is 17.1 Å². The number of pyridine rings is 2. The Labute approximate surface area is 116 Å². The summed E-state index contributed by atoms with van der Waals surface area (Å²) >= 11 is 0. The second-order valence-corrected chi connectivity index (χ2v) is 4.41. The van der Waals surface area contributed by atoms with Crippen molar-refractivity contribution in [1.29, 1.82) is 0 Å². The van der Waals surface area contributed by atoms with E-state index in [1.807, 2.05) is 30.3 Å². The molecule has 0 amide bonds. The lowest BCUT2D eigenvalue weighted by Gasteiger charge is -2.14. The third kappa shape index (κ3) is 2.10. The van der Waals surface area contributed by atoms with Gasteiger partial charge in [0.15, 0.2) is 0 Å². The Hall–Kier alpha value is -2.46. The molecule has 0 spiro atoms. The van der Waals surface area contributed by atoms with Crippen LogP contribution in [0.3, 0.4) is 0 Å². The van der Waals surface area contributed by atoms with Gasteiger partial charge in [-0.15, -0.1) is 0 Å². The van der Waals surface area contributed by atoms with Crippen LogP contribution in [-0.4, -0.2) is 22.2 Å². The molecule has 4 nitrogen and oxygen atoms in total. The highest BCUT2D eigenvalue weighted by atomic mass is 16.5. The van der Waals surface area contributed by atoms with Gasteiger partial charge in [-0.25, -0.2) is 0 Å². The van der Waals surface area contributed by atoms with E-state index < -0.39 is 6.10 Å². The molecule has 3 aromatic rings. The molecule has 20 heavy (non-hydrogen) atoms. The number of nitrogens with zero attached hydrogens (tertiary/aromatic N) is 2. The minimum absolute atomic E-state index is 0.471. The molecule has 1 atom stereocenters. The van der Waals surface area contributed by atoms with E-state index in [0.717, 1.165) is 10.8 Å². The molecule has 2 heterocycles. The van der Waals surface area contributed by atoms with Crippen LogP contribution in [0.25, 0.3) is 10.8 Å². The maximum Gasteiger partial charge on any atom is 0.143 e. The standard InChI is InChI=1S/C16H14N2O2/c1-20-13-7-4-9-17-15(13)16(19)14-12-6-3-2-5-11(12)8-10-18-14/h2-10,16,19H,1H3. The van der Waals surface area contributed by atoms with Gasteiger partial charge in [-0.2, -0.15) is 0 Å². The van der Waals surface area contributed by atoms with Crippen LogP contribution in [-0.2, 0) is 0 Å². The van der Waals surface area contributed by atoms with Gasteiger partial charge in [0.2, 0.25) is 0 Å². The SMILES string of the molecule is COc1cccnc1C(O)c1nccc2ccccc12. The zero-order valence-corrected chi connectivity index (χ0v) is 11.0. The average molecular weight is 266 g/mol. The topological polar surface area (TPSA) is 55.2 Å². The molecule has 0 bridgehead atoms. The maximum absolute atomic E-state index is 10.6. The van der Waals surface area contributed by atoms with Gasteiger partial charge in [0.05, 0.1) is 12.8 Å². The Morgan fingerprint density at radius 2 is 1.75 bits per heavy atom. The minimum Gasteiger partial charge on any atom is -0.495 e. The van der Waals surface area contributed by atoms with Crippen molar-refractivity contribution in [2.75, 3.05) is 7.11 Å². The van der Waals surface area contributed by atoms with Crippen LogP contribution in [0.2, 0.25) is 0 Å². The van der Waals surface area contributed by atoms with Crippen LogP contribution in [0.1, 0.15) is 17.5 Å². The molecule has 3 rings (SSSR count). The van der Waals surface area contributed by atoms with Gasteiger partial charge in [-0.1, -0.05) is 24.3 Å². The maximum atomic E-state index is 10.6. The first-order valence-electron chi connectivity index (χ1n) is 6.32. The number of methoxy groups -OCH3 is 1. The van der Waals surface area contributed by atoms with Crippen LogP contribution >= 0.6 is 0 Å². The van der Waals surface area contributed by atoms with Crippen molar-refractivity contribution in [3.05, 3.63) is 66.2 Å². The molecular formula is C16H14N2O2. The van der Waals surface area contributed by atoms with E-state index in [4.69, 9.17) is 4.74 Å². The van der Waals surface area contributed by atoms with Gasteiger partial charge in [0, 0.05) is 17.8 Å². The highest BCUT2D eigenvalue weighted by Crippen LogP contribution is 2.30. The molecule has 0 fully saturated rings. The van der Waals surface area contributed by atoms with Gasteiger partial charge in [-0.05, 0) is 23.6 Å². The predicted molar refractivity (Wildman–Crippen MR) is 76.6 cm³/mol. The van der Waals surface area contributed by atoms with Crippen LogP contribution in [0.4, 0.5) is 0 Å². The smallest absolute Gasteiger partial charge is 0.143 e. The lowest BCUT2D eigenvalue weighted by molar-refractivity contribution is 0.206. The molecule has 0 aliphatic rings. The summed E-state index contributed by atoms with van der Waals surface area (Å²) in [4.78, 5) is 8.53. The van der Waals surface area contributed by atoms with E-state index in [1.54, 1.807) is 31.6 Å². The molecule has 0 aliphatic heterocycles. The number of aromatic nitrogens is 2. The highest BCUT2D eigenvalue weighted by Gasteiger charge is 2.19. The second kappa shape index (κ2) is 5.27. The fraction of sp³-hybridized carbons (Fsp3) is 0.125. The summed E-state index contributed by atoms with van der Waals surface area (Å²) in [7, 11) is 1.56. The fourth-order valence-corrected chi connectivity index (χ4v) is 2.27. The zero-order valence-electron chi connectivity index (χ0n) is 11.0. The van der Waals surface area contributed by atoms with E-state index in [1.165, 1.54) is 0 Å². The lowest BCUT2D eigenvalue weighted by atomic mass is 10.0. The van der Waals surface area contributed by atoms with Gasteiger partial charge in [-0.3, -0.25) is 9.97 Å². The molecule has 1 aromatic carbocycles. The van der Waals surface area contributed by atoms with E-state index in [-0.39, 0.29) is 0 Å². The fourth-order valence-electron chi connectivity index (χ4n) is 2.27. The molecule has 0 radical (unpaired) electrons. The van der Waals surface area contributed by atoms with Crippen molar-refractivity contribution in [1.82, 2.24) is 9.97 Å². The quantitative estimate of drug-likeness (QED) is 0.792. The Kier molecular flexibility index (Phi) is 3.31. The van der Waals surface area contributed by atoms with Crippen molar-refractivity contribution < 1.29 is 9.84 Å². The van der Waals surface area contributed by atoms with E-state index in [9.17, 15) is 5.11 Å². The molecular weight excluding hydrogens is 252 g/mol. The van der Waals surface area contributed by atoms with Crippen LogP contribution in [0.15, 0.2) is 54.9 Å². The number of rotatable bonds is 3. The van der Waals surface area contributed by atoms with Crippen molar-refractivity contribution in [2.24, 2.45) is 0 Å². The number of aliphatic hydroxyl groups is 1. The summed E-state index contributed by atoms with van der Waals surface area (Å²) in [6.45, 7) is 0. The first-order chi connectivity index (χ1) is 9.81. The third-order valence-electron chi connectivity index (χ3n) is 3.24.